The van der Waals surface area contributed by atoms with Crippen molar-refractivity contribution in [3.8, 4) is 5.75 Å². The first kappa shape index (κ1) is 22.0. The van der Waals surface area contributed by atoms with Crippen molar-refractivity contribution in [2.75, 3.05) is 13.2 Å². The third-order valence-electron chi connectivity index (χ3n) is 8.15. The maximum atomic E-state index is 13.7. The minimum Gasteiger partial charge on any atom is -0.494 e. The van der Waals surface area contributed by atoms with Gasteiger partial charge < -0.3 is 4.74 Å². The van der Waals surface area contributed by atoms with E-state index in [1.165, 1.54) is 24.0 Å². The number of hydrogen-bond donors (Lipinski definition) is 0. The van der Waals surface area contributed by atoms with Gasteiger partial charge in [0.05, 0.1) is 11.5 Å². The average molecular weight is 454 g/mol. The Hall–Kier alpha value is -1.85. The number of unbranched alkanes of at least 4 members (excludes halogenated alkanes) is 1. The average Bonchev–Trinajstić information content (AvgIpc) is 2.80. The number of fused-ring (bicyclic) bond motifs is 1. The zero-order valence-electron chi connectivity index (χ0n) is 19.3. The molecule has 0 aromatic heterocycles. The molecule has 32 heavy (non-hydrogen) atoms. The van der Waals surface area contributed by atoms with Gasteiger partial charge in [-0.05, 0) is 80.3 Å². The molecule has 2 aromatic rings. The molecule has 5 rings (SSSR count). The minimum atomic E-state index is -3.50. The second-order valence-corrected chi connectivity index (χ2v) is 11.9. The number of nitrogens with zero attached hydrogens (tertiary/aromatic N) is 1. The van der Waals surface area contributed by atoms with Gasteiger partial charge in [-0.2, -0.15) is 4.31 Å². The molecule has 0 spiro atoms. The Morgan fingerprint density at radius 3 is 2.69 bits per heavy atom. The van der Waals surface area contributed by atoms with Crippen LogP contribution in [0.15, 0.2) is 47.4 Å². The lowest BCUT2D eigenvalue weighted by Gasteiger charge is -2.58. The van der Waals surface area contributed by atoms with Crippen LogP contribution in [-0.4, -0.2) is 31.9 Å². The van der Waals surface area contributed by atoms with E-state index in [1.807, 2.05) is 23.4 Å². The Morgan fingerprint density at radius 2 is 1.91 bits per heavy atom. The Balaban J connectivity index is 1.52. The fourth-order valence-electron chi connectivity index (χ4n) is 6.52. The van der Waals surface area contributed by atoms with Crippen LogP contribution in [0.4, 0.5) is 0 Å². The van der Waals surface area contributed by atoms with Gasteiger partial charge in [0.1, 0.15) is 5.75 Å². The number of aryl methyl sites for hydroxylation is 1. The standard InChI is InChI=1S/C27H35NO3S/c1-3-4-17-31-22-11-10-21-18-26-24-7-5-6-14-27(24,25(21)19-22)15-16-28(26)32(29,30)23-12-8-20(2)9-13-23/h8-13,19,24,26H,3-7,14-18H2,1-2H3. The first-order chi connectivity index (χ1) is 15.5. The Kier molecular flexibility index (Phi) is 5.83. The molecule has 1 saturated heterocycles. The quantitative estimate of drug-likeness (QED) is 0.533. The van der Waals surface area contributed by atoms with Crippen LogP contribution in [0.2, 0.25) is 0 Å². The highest BCUT2D eigenvalue weighted by Crippen LogP contribution is 2.57. The van der Waals surface area contributed by atoms with E-state index in [1.54, 1.807) is 12.1 Å². The van der Waals surface area contributed by atoms with Gasteiger partial charge in [0, 0.05) is 18.0 Å². The fourth-order valence-corrected chi connectivity index (χ4v) is 8.18. The lowest BCUT2D eigenvalue weighted by molar-refractivity contribution is 0.0313. The molecule has 3 unspecified atom stereocenters. The Bertz CT molecular complexity index is 1080. The normalized spacial score (nSPS) is 27.4. The molecule has 2 aromatic carbocycles. The monoisotopic (exact) mass is 453 g/mol. The summed E-state index contributed by atoms with van der Waals surface area (Å²) in [4.78, 5) is 0.428. The lowest BCUT2D eigenvalue weighted by atomic mass is 9.53. The maximum absolute atomic E-state index is 13.7. The van der Waals surface area contributed by atoms with Crippen molar-refractivity contribution in [2.24, 2.45) is 5.92 Å². The van der Waals surface area contributed by atoms with Gasteiger partial charge in [-0.15, -0.1) is 0 Å². The topological polar surface area (TPSA) is 46.6 Å². The molecule has 172 valence electrons. The lowest BCUT2D eigenvalue weighted by Crippen LogP contribution is -2.62. The highest BCUT2D eigenvalue weighted by atomic mass is 32.2. The van der Waals surface area contributed by atoms with Gasteiger partial charge in [0.2, 0.25) is 10.0 Å². The largest absolute Gasteiger partial charge is 0.494 e. The molecule has 2 aliphatic carbocycles. The van der Waals surface area contributed by atoms with Gasteiger partial charge in [-0.25, -0.2) is 8.42 Å². The van der Waals surface area contributed by atoms with Crippen molar-refractivity contribution >= 4 is 10.0 Å². The van der Waals surface area contributed by atoms with Gasteiger partial charge in [-0.3, -0.25) is 0 Å². The smallest absolute Gasteiger partial charge is 0.243 e. The number of benzene rings is 2. The van der Waals surface area contributed by atoms with Gasteiger partial charge in [0.25, 0.3) is 0 Å². The van der Waals surface area contributed by atoms with Crippen LogP contribution in [-0.2, 0) is 21.9 Å². The third kappa shape index (κ3) is 3.58. The van der Waals surface area contributed by atoms with E-state index in [-0.39, 0.29) is 11.5 Å². The van der Waals surface area contributed by atoms with E-state index in [0.29, 0.717) is 17.4 Å². The molecule has 1 saturated carbocycles. The van der Waals surface area contributed by atoms with Crippen molar-refractivity contribution in [3.63, 3.8) is 0 Å². The number of ether oxygens (including phenoxy) is 1. The summed E-state index contributed by atoms with van der Waals surface area (Å²) in [5.74, 6) is 1.37. The zero-order chi connectivity index (χ0) is 22.3. The van der Waals surface area contributed by atoms with Crippen LogP contribution >= 0.6 is 0 Å². The first-order valence-corrected chi connectivity index (χ1v) is 13.7. The van der Waals surface area contributed by atoms with E-state index in [4.69, 9.17) is 4.74 Å². The van der Waals surface area contributed by atoms with Gasteiger partial charge in [-0.1, -0.05) is 49.9 Å². The molecule has 0 radical (unpaired) electrons. The predicted molar refractivity (Wildman–Crippen MR) is 128 cm³/mol. The molecule has 5 heteroatoms. The van der Waals surface area contributed by atoms with E-state index in [2.05, 4.69) is 25.1 Å². The minimum absolute atomic E-state index is 0.0507. The first-order valence-electron chi connectivity index (χ1n) is 12.3. The summed E-state index contributed by atoms with van der Waals surface area (Å²) < 4.78 is 35.3. The van der Waals surface area contributed by atoms with Crippen molar-refractivity contribution < 1.29 is 13.2 Å². The number of hydrogen-bond acceptors (Lipinski definition) is 3. The van der Waals surface area contributed by atoms with Gasteiger partial charge in [0.15, 0.2) is 0 Å². The van der Waals surface area contributed by atoms with Crippen LogP contribution in [0.1, 0.15) is 68.6 Å². The fraction of sp³-hybridized carbons (Fsp3) is 0.556. The van der Waals surface area contributed by atoms with E-state index in [9.17, 15) is 8.42 Å². The molecule has 4 nitrogen and oxygen atoms in total. The van der Waals surface area contributed by atoms with Crippen molar-refractivity contribution in [3.05, 3.63) is 59.2 Å². The van der Waals surface area contributed by atoms with Crippen molar-refractivity contribution in [1.82, 2.24) is 4.31 Å². The number of rotatable bonds is 6. The van der Waals surface area contributed by atoms with Gasteiger partial charge >= 0.3 is 0 Å². The van der Waals surface area contributed by atoms with Crippen LogP contribution in [0, 0.1) is 12.8 Å². The Labute approximate surface area is 193 Å². The summed E-state index contributed by atoms with van der Waals surface area (Å²) in [7, 11) is -3.50. The third-order valence-corrected chi connectivity index (χ3v) is 10.1. The van der Waals surface area contributed by atoms with Crippen LogP contribution in [0.3, 0.4) is 0 Å². The molecule has 2 bridgehead atoms. The van der Waals surface area contributed by atoms with Crippen molar-refractivity contribution in [1.29, 1.82) is 0 Å². The summed E-state index contributed by atoms with van der Waals surface area (Å²) >= 11 is 0. The number of piperidine rings is 1. The van der Waals surface area contributed by atoms with Crippen LogP contribution < -0.4 is 4.74 Å². The van der Waals surface area contributed by atoms with E-state index in [0.717, 1.165) is 56.4 Å². The maximum Gasteiger partial charge on any atom is 0.243 e. The molecule has 2 fully saturated rings. The summed E-state index contributed by atoms with van der Waals surface area (Å²) in [6.45, 7) is 5.54. The second kappa shape index (κ2) is 8.49. The summed E-state index contributed by atoms with van der Waals surface area (Å²) in [5, 5.41) is 0. The molecule has 1 heterocycles. The molecular formula is C27H35NO3S. The summed E-state index contributed by atoms with van der Waals surface area (Å²) in [6.07, 6.45) is 8.62. The van der Waals surface area contributed by atoms with Crippen LogP contribution in [0.5, 0.6) is 5.75 Å². The highest BCUT2D eigenvalue weighted by Gasteiger charge is 2.56. The van der Waals surface area contributed by atoms with Crippen molar-refractivity contribution in [2.45, 2.75) is 81.6 Å². The Morgan fingerprint density at radius 1 is 1.09 bits per heavy atom. The molecule has 1 aliphatic heterocycles. The summed E-state index contributed by atoms with van der Waals surface area (Å²) in [5.41, 5.74) is 3.94. The zero-order valence-corrected chi connectivity index (χ0v) is 20.2. The molecular weight excluding hydrogens is 418 g/mol. The molecule has 0 amide bonds. The SMILES string of the molecule is CCCCOc1ccc2c(c1)C13CCCCC1C(C2)N(S(=O)(=O)c1ccc(C)cc1)CC3. The highest BCUT2D eigenvalue weighted by molar-refractivity contribution is 7.89. The second-order valence-electron chi connectivity index (χ2n) is 9.98. The summed E-state index contributed by atoms with van der Waals surface area (Å²) in [6, 6.07) is 14.0. The number of sulfonamides is 1. The molecule has 3 aliphatic rings. The predicted octanol–water partition coefficient (Wildman–Crippen LogP) is 5.62. The molecule has 3 atom stereocenters. The van der Waals surface area contributed by atoms with Crippen LogP contribution in [0.25, 0.3) is 0 Å². The van der Waals surface area contributed by atoms with E-state index >= 15 is 0 Å². The molecule has 0 N–H and O–H groups in total. The van der Waals surface area contributed by atoms with E-state index < -0.39 is 10.0 Å².